The molecule has 0 saturated carbocycles. The minimum atomic E-state index is -4.09. The average Bonchev–Trinajstić information content (AvgIpc) is 2.89. The van der Waals surface area contributed by atoms with Gasteiger partial charge in [0.1, 0.15) is 31.0 Å². The molecule has 14 heteroatoms. The third-order valence-electron chi connectivity index (χ3n) is 5.55. The zero-order valence-corrected chi connectivity index (χ0v) is 23.3. The Morgan fingerprint density at radius 2 is 1.68 bits per heavy atom. The summed E-state index contributed by atoms with van der Waals surface area (Å²) in [5, 5.41) is 15.4. The summed E-state index contributed by atoms with van der Waals surface area (Å²) >= 11 is 0. The fourth-order valence-electron chi connectivity index (χ4n) is 3.40. The Bertz CT molecular complexity index is 1320. The van der Waals surface area contributed by atoms with E-state index in [0.29, 0.717) is 5.56 Å². The van der Waals surface area contributed by atoms with Crippen molar-refractivity contribution < 1.29 is 41.6 Å². The molecule has 2 aromatic carbocycles. The molecule has 216 valence electrons. The molecule has 0 bridgehead atoms. The molecule has 3 atom stereocenters. The van der Waals surface area contributed by atoms with Crippen LogP contribution in [0.2, 0.25) is 0 Å². The van der Waals surface area contributed by atoms with E-state index >= 15 is 0 Å². The normalized spacial score (nSPS) is 13.4. The number of carbonyl (C=O) groups excluding carboxylic acids is 2. The van der Waals surface area contributed by atoms with Crippen LogP contribution in [0, 0.1) is 12.8 Å². The standard InChI is InChI=1S/C26H32N4O9S/c1-16(2)24(29-30-27)25(32)28-23(26(33)34)13-19-7-9-20(10-8-19)39-21(14-37-18(4)31)15-38-40(35,36)22-11-5-17(3)6-12-22/h5-12,16,21,23-24H,13-15H2,1-4H3,(H,28,32)(H,33,34)/t21?,23?,24-/m0/s1. The van der Waals surface area contributed by atoms with E-state index in [1.54, 1.807) is 38.1 Å². The lowest BCUT2D eigenvalue weighted by Crippen LogP contribution is -2.47. The SMILES string of the molecule is CC(=O)OCC(COS(=O)(=O)c1ccc(C)cc1)Oc1ccc(CC(NC(=O)[C@@H](N=[N+]=[N-])C(C)C)C(=O)O)cc1. The Kier molecular flexibility index (Phi) is 11.9. The molecule has 1 amide bonds. The van der Waals surface area contributed by atoms with Gasteiger partial charge in [0.15, 0.2) is 6.10 Å². The van der Waals surface area contributed by atoms with Gasteiger partial charge in [0.05, 0.1) is 4.90 Å². The van der Waals surface area contributed by atoms with Gasteiger partial charge in [-0.25, -0.2) is 4.79 Å². The first-order valence-electron chi connectivity index (χ1n) is 12.2. The van der Waals surface area contributed by atoms with Crippen LogP contribution < -0.4 is 10.1 Å². The van der Waals surface area contributed by atoms with Crippen LogP contribution in [-0.2, 0) is 39.8 Å². The second-order valence-electron chi connectivity index (χ2n) is 9.24. The molecule has 2 aromatic rings. The highest BCUT2D eigenvalue weighted by atomic mass is 32.2. The van der Waals surface area contributed by atoms with E-state index in [1.807, 2.05) is 6.92 Å². The molecular weight excluding hydrogens is 544 g/mol. The van der Waals surface area contributed by atoms with Crippen molar-refractivity contribution in [2.24, 2.45) is 11.0 Å². The lowest BCUT2D eigenvalue weighted by atomic mass is 10.0. The van der Waals surface area contributed by atoms with Gasteiger partial charge in [0.2, 0.25) is 5.91 Å². The Balaban J connectivity index is 2.09. The molecule has 0 spiro atoms. The van der Waals surface area contributed by atoms with Gasteiger partial charge >= 0.3 is 11.9 Å². The topological polar surface area (TPSA) is 194 Å². The van der Waals surface area contributed by atoms with Crippen molar-refractivity contribution >= 4 is 28.0 Å². The van der Waals surface area contributed by atoms with E-state index < -0.39 is 52.8 Å². The lowest BCUT2D eigenvalue weighted by Gasteiger charge is -2.20. The van der Waals surface area contributed by atoms with Gasteiger partial charge in [0, 0.05) is 18.3 Å². The maximum atomic E-state index is 12.5. The summed E-state index contributed by atoms with van der Waals surface area (Å²) in [6.07, 6.45) is -1.05. The number of aryl methyl sites for hydroxylation is 1. The zero-order chi connectivity index (χ0) is 29.9. The minimum absolute atomic E-state index is 0.0343. The first kappa shape index (κ1) is 32.1. The fourth-order valence-corrected chi connectivity index (χ4v) is 4.33. The summed E-state index contributed by atoms with van der Waals surface area (Å²) in [5.41, 5.74) is 10.1. The van der Waals surface area contributed by atoms with Gasteiger partial charge in [0.25, 0.3) is 10.1 Å². The highest BCUT2D eigenvalue weighted by Gasteiger charge is 2.27. The molecule has 2 rings (SSSR count). The number of carboxylic acid groups (broad SMARTS) is 1. The number of carbonyl (C=O) groups is 3. The smallest absolute Gasteiger partial charge is 0.326 e. The number of aliphatic carboxylic acids is 1. The van der Waals surface area contributed by atoms with Crippen LogP contribution in [0.4, 0.5) is 0 Å². The summed E-state index contributed by atoms with van der Waals surface area (Å²) in [6, 6.07) is 9.91. The molecule has 0 saturated heterocycles. The highest BCUT2D eigenvalue weighted by Crippen LogP contribution is 2.18. The van der Waals surface area contributed by atoms with Gasteiger partial charge in [-0.15, -0.1) is 0 Å². The van der Waals surface area contributed by atoms with E-state index in [0.717, 1.165) is 5.56 Å². The Hall–Kier alpha value is -4.13. The number of amides is 1. The van der Waals surface area contributed by atoms with Gasteiger partial charge in [-0.3, -0.25) is 13.8 Å². The quantitative estimate of drug-likeness (QED) is 0.105. The molecule has 2 unspecified atom stereocenters. The third-order valence-corrected chi connectivity index (χ3v) is 6.84. The van der Waals surface area contributed by atoms with Crippen LogP contribution in [0.25, 0.3) is 10.4 Å². The first-order chi connectivity index (χ1) is 18.8. The van der Waals surface area contributed by atoms with Crippen LogP contribution in [-0.4, -0.2) is 62.8 Å². The third kappa shape index (κ3) is 10.2. The van der Waals surface area contributed by atoms with Crippen LogP contribution >= 0.6 is 0 Å². The number of esters is 1. The van der Waals surface area contributed by atoms with Crippen molar-refractivity contribution in [2.75, 3.05) is 13.2 Å². The van der Waals surface area contributed by atoms with Crippen molar-refractivity contribution in [3.05, 3.63) is 70.1 Å². The molecule has 0 aliphatic heterocycles. The monoisotopic (exact) mass is 576 g/mol. The Morgan fingerprint density at radius 1 is 1.05 bits per heavy atom. The molecule has 0 aromatic heterocycles. The van der Waals surface area contributed by atoms with Gasteiger partial charge in [-0.2, -0.15) is 8.42 Å². The molecule has 0 aliphatic rings. The van der Waals surface area contributed by atoms with Crippen LogP contribution in [0.5, 0.6) is 5.75 Å². The first-order valence-corrected chi connectivity index (χ1v) is 13.7. The van der Waals surface area contributed by atoms with Crippen LogP contribution in [0.15, 0.2) is 58.5 Å². The summed E-state index contributed by atoms with van der Waals surface area (Å²) in [5.74, 6) is -2.62. The van der Waals surface area contributed by atoms with Crippen molar-refractivity contribution in [1.82, 2.24) is 5.32 Å². The summed E-state index contributed by atoms with van der Waals surface area (Å²) in [7, 11) is -4.09. The molecular formula is C26H32N4O9S. The Morgan fingerprint density at radius 3 is 2.20 bits per heavy atom. The fraction of sp³-hybridized carbons (Fsp3) is 0.423. The molecule has 2 N–H and O–H groups in total. The number of hydrogen-bond donors (Lipinski definition) is 2. The van der Waals surface area contributed by atoms with Crippen LogP contribution in [0.1, 0.15) is 31.9 Å². The lowest BCUT2D eigenvalue weighted by molar-refractivity contribution is -0.144. The maximum Gasteiger partial charge on any atom is 0.326 e. The minimum Gasteiger partial charge on any atom is -0.484 e. The number of hydrogen-bond acceptors (Lipinski definition) is 9. The molecule has 0 radical (unpaired) electrons. The van der Waals surface area contributed by atoms with Gasteiger partial charge < -0.3 is 19.9 Å². The molecule has 0 aliphatic carbocycles. The number of rotatable bonds is 15. The van der Waals surface area contributed by atoms with E-state index in [2.05, 4.69) is 15.3 Å². The predicted molar refractivity (Wildman–Crippen MR) is 143 cm³/mol. The highest BCUT2D eigenvalue weighted by molar-refractivity contribution is 7.86. The van der Waals surface area contributed by atoms with Crippen molar-refractivity contribution in [2.45, 2.75) is 57.2 Å². The Labute approximate surface area is 232 Å². The molecule has 0 fully saturated rings. The van der Waals surface area contributed by atoms with E-state index in [-0.39, 0.29) is 29.6 Å². The predicted octanol–water partition coefficient (Wildman–Crippen LogP) is 3.16. The van der Waals surface area contributed by atoms with Crippen LogP contribution in [0.3, 0.4) is 0 Å². The van der Waals surface area contributed by atoms with E-state index in [1.165, 1.54) is 31.2 Å². The van der Waals surface area contributed by atoms with Crippen molar-refractivity contribution in [3.8, 4) is 5.75 Å². The second kappa shape index (κ2) is 14.9. The van der Waals surface area contributed by atoms with Gasteiger partial charge in [-0.05, 0) is 48.2 Å². The number of benzene rings is 2. The number of nitrogens with one attached hydrogen (secondary N) is 1. The second-order valence-corrected chi connectivity index (χ2v) is 10.9. The summed E-state index contributed by atoms with van der Waals surface area (Å²) < 4.78 is 41.0. The number of nitrogens with zero attached hydrogens (tertiary/aromatic N) is 3. The summed E-state index contributed by atoms with van der Waals surface area (Å²) in [6.45, 7) is 5.63. The van der Waals surface area contributed by atoms with Crippen molar-refractivity contribution in [3.63, 3.8) is 0 Å². The molecule has 40 heavy (non-hydrogen) atoms. The van der Waals surface area contributed by atoms with Gasteiger partial charge in [-0.1, -0.05) is 48.8 Å². The largest absolute Gasteiger partial charge is 0.484 e. The summed E-state index contributed by atoms with van der Waals surface area (Å²) in [4.78, 5) is 38.1. The van der Waals surface area contributed by atoms with Crippen molar-refractivity contribution in [1.29, 1.82) is 0 Å². The number of ether oxygens (including phenoxy) is 2. The zero-order valence-electron chi connectivity index (χ0n) is 22.5. The molecule has 0 heterocycles. The average molecular weight is 577 g/mol. The van der Waals surface area contributed by atoms with E-state index in [4.69, 9.17) is 19.2 Å². The van der Waals surface area contributed by atoms with E-state index in [9.17, 15) is 27.9 Å². The number of azide groups is 1. The maximum absolute atomic E-state index is 12.5. The number of carboxylic acids is 1. The molecule has 13 nitrogen and oxygen atoms in total.